The number of imidazole rings is 1. The molecule has 0 fully saturated rings. The molecule has 33 heavy (non-hydrogen) atoms. The number of hydrogen-bond acceptors (Lipinski definition) is 6. The van der Waals surface area contributed by atoms with Gasteiger partial charge >= 0.3 is 6.18 Å². The molecule has 0 atom stereocenters. The fourth-order valence-corrected chi connectivity index (χ4v) is 3.67. The van der Waals surface area contributed by atoms with Crippen LogP contribution in [0.2, 0.25) is 0 Å². The van der Waals surface area contributed by atoms with E-state index in [9.17, 15) is 26.4 Å². The molecule has 1 aromatic carbocycles. The maximum absolute atomic E-state index is 12.9. The fourth-order valence-electron chi connectivity index (χ4n) is 3.11. The van der Waals surface area contributed by atoms with E-state index in [1.165, 1.54) is 54.8 Å². The third-order valence-electron chi connectivity index (χ3n) is 4.92. The van der Waals surface area contributed by atoms with E-state index in [1.807, 2.05) is 0 Å². The zero-order valence-corrected chi connectivity index (χ0v) is 18.1. The number of carbonyl (C=O) groups is 1. The van der Waals surface area contributed by atoms with Gasteiger partial charge in [0.2, 0.25) is 0 Å². The predicted octanol–water partition coefficient (Wildman–Crippen LogP) is 3.49. The number of hydrogen-bond donors (Lipinski definition) is 0. The molecule has 0 aliphatic carbocycles. The van der Waals surface area contributed by atoms with E-state index < -0.39 is 27.5 Å². The van der Waals surface area contributed by atoms with Crippen molar-refractivity contribution in [3.8, 4) is 11.3 Å². The lowest BCUT2D eigenvalue weighted by Crippen LogP contribution is -2.28. The first-order valence-electron chi connectivity index (χ1n) is 9.40. The summed E-state index contributed by atoms with van der Waals surface area (Å²) < 4.78 is 63.3. The molecule has 0 unspecified atom stereocenters. The smallest absolute Gasteiger partial charge is 0.296 e. The first-order valence-corrected chi connectivity index (χ1v) is 11.3. The summed E-state index contributed by atoms with van der Waals surface area (Å²) in [6.07, 6.45) is 2.04. The molecule has 3 heterocycles. The van der Waals surface area contributed by atoms with Gasteiger partial charge in [-0.1, -0.05) is 12.1 Å². The highest BCUT2D eigenvalue weighted by Gasteiger charge is 2.30. The summed E-state index contributed by atoms with van der Waals surface area (Å²) in [6.45, 7) is 0. The maximum atomic E-state index is 12.9. The van der Waals surface area contributed by atoms with E-state index in [1.54, 1.807) is 4.40 Å². The van der Waals surface area contributed by atoms with Crippen LogP contribution in [0.5, 0.6) is 0 Å². The normalized spacial score (nSPS) is 12.2. The Kier molecular flexibility index (Phi) is 5.40. The van der Waals surface area contributed by atoms with Crippen LogP contribution in [0.15, 0.2) is 66.1 Å². The van der Waals surface area contributed by atoms with E-state index in [0.29, 0.717) is 16.9 Å². The minimum atomic E-state index is -4.44. The summed E-state index contributed by atoms with van der Waals surface area (Å²) in [4.78, 5) is 26.5. The Hall–Kier alpha value is -3.80. The third kappa shape index (κ3) is 4.42. The Morgan fingerprint density at radius 1 is 0.970 bits per heavy atom. The van der Waals surface area contributed by atoms with Gasteiger partial charge in [-0.05, 0) is 24.3 Å². The Labute approximate surface area is 186 Å². The zero-order valence-electron chi connectivity index (χ0n) is 17.3. The second kappa shape index (κ2) is 7.96. The first-order chi connectivity index (χ1) is 15.4. The molecule has 4 rings (SSSR count). The average molecular weight is 475 g/mol. The van der Waals surface area contributed by atoms with E-state index in [-0.39, 0.29) is 16.4 Å². The van der Waals surface area contributed by atoms with Gasteiger partial charge in [0.1, 0.15) is 11.5 Å². The van der Waals surface area contributed by atoms with E-state index in [4.69, 9.17) is 0 Å². The van der Waals surface area contributed by atoms with Crippen molar-refractivity contribution in [2.45, 2.75) is 11.1 Å². The number of pyridine rings is 1. The Morgan fingerprint density at radius 3 is 2.24 bits per heavy atom. The van der Waals surface area contributed by atoms with Crippen molar-refractivity contribution in [1.82, 2.24) is 19.4 Å². The number of carbonyl (C=O) groups excluding carboxylic acids is 1. The number of anilines is 1. The minimum absolute atomic E-state index is 0.0197. The second-order valence-electron chi connectivity index (χ2n) is 7.21. The quantitative estimate of drug-likeness (QED) is 0.448. The summed E-state index contributed by atoms with van der Waals surface area (Å²) in [5.41, 5.74) is 0.624. The first kappa shape index (κ1) is 22.4. The number of rotatable bonds is 4. The summed E-state index contributed by atoms with van der Waals surface area (Å²) in [6, 6.07) is 7.35. The molecule has 0 N–H and O–H groups in total. The van der Waals surface area contributed by atoms with Gasteiger partial charge in [-0.3, -0.25) is 14.1 Å². The molecule has 4 aromatic rings. The second-order valence-corrected chi connectivity index (χ2v) is 9.22. The average Bonchev–Trinajstić information content (AvgIpc) is 3.20. The Morgan fingerprint density at radius 2 is 1.67 bits per heavy atom. The van der Waals surface area contributed by atoms with Gasteiger partial charge in [0.05, 0.1) is 28.5 Å². The van der Waals surface area contributed by atoms with Gasteiger partial charge in [0, 0.05) is 31.3 Å². The van der Waals surface area contributed by atoms with E-state index in [2.05, 4.69) is 15.0 Å². The molecule has 3 aromatic heterocycles. The molecule has 1 amide bonds. The van der Waals surface area contributed by atoms with E-state index >= 15 is 0 Å². The fraction of sp³-hybridized carbons (Fsp3) is 0.143. The highest BCUT2D eigenvalue weighted by atomic mass is 32.2. The Bertz CT molecular complexity index is 1450. The third-order valence-corrected chi connectivity index (χ3v) is 6.02. The Balaban J connectivity index is 1.66. The van der Waals surface area contributed by atoms with Crippen LogP contribution in [0.4, 0.5) is 19.0 Å². The van der Waals surface area contributed by atoms with Crippen LogP contribution in [0, 0.1) is 0 Å². The molecule has 170 valence electrons. The highest BCUT2D eigenvalue weighted by molar-refractivity contribution is 7.90. The zero-order chi connectivity index (χ0) is 24.0. The molecule has 0 spiro atoms. The van der Waals surface area contributed by atoms with Crippen LogP contribution in [0.3, 0.4) is 0 Å². The lowest BCUT2D eigenvalue weighted by atomic mass is 10.1. The van der Waals surface area contributed by atoms with Crippen molar-refractivity contribution >= 4 is 27.2 Å². The number of alkyl halides is 3. The number of fused-ring (bicyclic) bond motifs is 1. The van der Waals surface area contributed by atoms with Crippen LogP contribution >= 0.6 is 0 Å². The van der Waals surface area contributed by atoms with Crippen molar-refractivity contribution in [3.63, 3.8) is 0 Å². The van der Waals surface area contributed by atoms with Crippen molar-refractivity contribution in [2.75, 3.05) is 18.2 Å². The lowest BCUT2D eigenvalue weighted by Gasteiger charge is -2.16. The molecule has 12 heteroatoms. The maximum Gasteiger partial charge on any atom is 0.416 e. The van der Waals surface area contributed by atoms with Crippen molar-refractivity contribution in [1.29, 1.82) is 0 Å². The van der Waals surface area contributed by atoms with Gasteiger partial charge in [-0.2, -0.15) is 13.2 Å². The minimum Gasteiger partial charge on any atom is -0.296 e. The monoisotopic (exact) mass is 475 g/mol. The standard InChI is InChI=1S/C21H16F3N5O3S/c1-28(18-8-7-15(9-26-18)33(2,31)32)20(30)16-12-29-17(10-27-19(29)11-25-16)13-3-5-14(6-4-13)21(22,23)24/h3-12H,1-2H3. The number of benzene rings is 1. The van der Waals surface area contributed by atoms with Crippen LogP contribution in [0.1, 0.15) is 16.1 Å². The van der Waals surface area contributed by atoms with Crippen LogP contribution in [-0.2, 0) is 16.0 Å². The highest BCUT2D eigenvalue weighted by Crippen LogP contribution is 2.31. The number of sulfone groups is 1. The van der Waals surface area contributed by atoms with Gasteiger partial charge in [0.15, 0.2) is 15.5 Å². The SMILES string of the molecule is CN(C(=O)c1cn2c(-c3ccc(C(F)(F)F)cc3)cnc2cn1)c1ccc(S(C)(=O)=O)cn1. The molecule has 0 aliphatic rings. The number of halogens is 3. The summed E-state index contributed by atoms with van der Waals surface area (Å²) >= 11 is 0. The molecule has 0 radical (unpaired) electrons. The van der Waals surface area contributed by atoms with Gasteiger partial charge in [-0.25, -0.2) is 23.4 Å². The summed E-state index contributed by atoms with van der Waals surface area (Å²) in [5, 5.41) is 0. The molecular formula is C21H16F3N5O3S. The summed E-state index contributed by atoms with van der Waals surface area (Å²) in [5.74, 6) is -0.313. The molecule has 0 saturated heterocycles. The van der Waals surface area contributed by atoms with Crippen molar-refractivity contribution < 1.29 is 26.4 Å². The van der Waals surface area contributed by atoms with Gasteiger partial charge < -0.3 is 0 Å². The molecule has 0 saturated carbocycles. The molecular weight excluding hydrogens is 459 g/mol. The topological polar surface area (TPSA) is 97.5 Å². The van der Waals surface area contributed by atoms with Gasteiger partial charge in [-0.15, -0.1) is 0 Å². The van der Waals surface area contributed by atoms with Crippen LogP contribution in [-0.4, -0.2) is 47.0 Å². The largest absolute Gasteiger partial charge is 0.416 e. The number of amides is 1. The number of aromatic nitrogens is 4. The van der Waals surface area contributed by atoms with Gasteiger partial charge in [0.25, 0.3) is 5.91 Å². The lowest BCUT2D eigenvalue weighted by molar-refractivity contribution is -0.137. The predicted molar refractivity (Wildman–Crippen MR) is 114 cm³/mol. The van der Waals surface area contributed by atoms with Crippen molar-refractivity contribution in [3.05, 3.63) is 72.4 Å². The van der Waals surface area contributed by atoms with E-state index in [0.717, 1.165) is 24.6 Å². The molecule has 0 bridgehead atoms. The van der Waals surface area contributed by atoms with Crippen LogP contribution in [0.25, 0.3) is 16.9 Å². The van der Waals surface area contributed by atoms with Crippen molar-refractivity contribution in [2.24, 2.45) is 0 Å². The van der Waals surface area contributed by atoms with Crippen LogP contribution < -0.4 is 4.90 Å². The molecule has 0 aliphatic heterocycles. The number of nitrogens with zero attached hydrogens (tertiary/aromatic N) is 5. The molecule has 8 nitrogen and oxygen atoms in total. The summed E-state index contributed by atoms with van der Waals surface area (Å²) in [7, 11) is -1.97.